The lowest BCUT2D eigenvalue weighted by molar-refractivity contribution is 0.397. The van der Waals surface area contributed by atoms with Crippen LogP contribution < -0.4 is 15.9 Å². The van der Waals surface area contributed by atoms with E-state index in [0.29, 0.717) is 45.9 Å². The molecule has 166 valence electrons. The van der Waals surface area contributed by atoms with Gasteiger partial charge in [-0.1, -0.05) is 17.7 Å². The third-order valence-corrected chi connectivity index (χ3v) is 10.3. The largest absolute Gasteiger partial charge is 0.360 e. The van der Waals surface area contributed by atoms with Crippen molar-refractivity contribution in [2.75, 3.05) is 24.2 Å². The maximum atomic E-state index is 13.7. The molecule has 2 fully saturated rings. The zero-order chi connectivity index (χ0) is 22.3. The summed E-state index contributed by atoms with van der Waals surface area (Å²) in [5.41, 5.74) is 2.69. The van der Waals surface area contributed by atoms with Crippen molar-refractivity contribution in [2.45, 2.75) is 44.7 Å². The van der Waals surface area contributed by atoms with Gasteiger partial charge in [-0.3, -0.25) is 0 Å². The Balaban J connectivity index is 1.55. The SMILES string of the molecule is C[C@H]1CC[C@H](Nc2ncc(Cl)c(-c3c[nH]c4c(P5(=O)CCCC5)c(C#N)ccc34)n2)CN1. The highest BCUT2D eigenvalue weighted by atomic mass is 35.5. The summed E-state index contributed by atoms with van der Waals surface area (Å²) >= 11 is 6.52. The minimum absolute atomic E-state index is 0.264. The summed E-state index contributed by atoms with van der Waals surface area (Å²) in [4.78, 5) is 12.4. The Labute approximate surface area is 192 Å². The van der Waals surface area contributed by atoms with Gasteiger partial charge >= 0.3 is 0 Å². The average Bonchev–Trinajstić information content (AvgIpc) is 3.43. The molecule has 5 rings (SSSR count). The summed E-state index contributed by atoms with van der Waals surface area (Å²) < 4.78 is 13.7. The molecular weight excluding hydrogens is 443 g/mol. The predicted octanol–water partition coefficient (Wildman–Crippen LogP) is 4.48. The van der Waals surface area contributed by atoms with Gasteiger partial charge in [-0.25, -0.2) is 9.97 Å². The molecule has 0 bridgehead atoms. The van der Waals surface area contributed by atoms with Crippen molar-refractivity contribution in [1.29, 1.82) is 5.26 Å². The number of nitrogens with zero attached hydrogens (tertiary/aromatic N) is 3. The number of nitrogens with one attached hydrogen (secondary N) is 3. The molecule has 0 aliphatic carbocycles. The van der Waals surface area contributed by atoms with Crippen LogP contribution in [0, 0.1) is 11.3 Å². The quantitative estimate of drug-likeness (QED) is 0.487. The lowest BCUT2D eigenvalue weighted by Crippen LogP contribution is -2.43. The molecule has 0 amide bonds. The topological polar surface area (TPSA) is 106 Å². The summed E-state index contributed by atoms with van der Waals surface area (Å²) in [5.74, 6) is 0.539. The number of aromatic amines is 1. The second kappa shape index (κ2) is 8.51. The Bertz CT molecular complexity index is 1250. The van der Waals surface area contributed by atoms with E-state index in [1.54, 1.807) is 12.3 Å². The van der Waals surface area contributed by atoms with Gasteiger partial charge in [0.15, 0.2) is 0 Å². The van der Waals surface area contributed by atoms with Gasteiger partial charge in [0.2, 0.25) is 5.95 Å². The van der Waals surface area contributed by atoms with Crippen LogP contribution >= 0.6 is 18.7 Å². The van der Waals surface area contributed by atoms with Gasteiger partial charge in [-0.05, 0) is 38.7 Å². The van der Waals surface area contributed by atoms with Crippen LogP contribution in [-0.4, -0.2) is 45.9 Å². The van der Waals surface area contributed by atoms with E-state index in [1.807, 2.05) is 12.3 Å². The molecule has 3 N–H and O–H groups in total. The van der Waals surface area contributed by atoms with Crippen LogP contribution in [0.3, 0.4) is 0 Å². The van der Waals surface area contributed by atoms with Crippen LogP contribution in [-0.2, 0) is 4.57 Å². The summed E-state index contributed by atoms with van der Waals surface area (Å²) in [6.07, 6.45) is 8.81. The number of rotatable bonds is 4. The summed E-state index contributed by atoms with van der Waals surface area (Å²) in [7, 11) is -2.59. The molecular formula is C23H26ClN6OP. The minimum atomic E-state index is -2.59. The van der Waals surface area contributed by atoms with Crippen LogP contribution in [0.15, 0.2) is 24.5 Å². The van der Waals surface area contributed by atoms with Crippen molar-refractivity contribution in [3.05, 3.63) is 35.1 Å². The number of H-pyrrole nitrogens is 1. The number of hydrogen-bond acceptors (Lipinski definition) is 6. The molecule has 2 aliphatic heterocycles. The molecule has 0 unspecified atom stereocenters. The molecule has 0 radical (unpaired) electrons. The molecule has 2 aliphatic rings. The Morgan fingerprint density at radius 2 is 2.09 bits per heavy atom. The number of hydrogen-bond donors (Lipinski definition) is 3. The Morgan fingerprint density at radius 1 is 1.28 bits per heavy atom. The summed E-state index contributed by atoms with van der Waals surface area (Å²) in [6, 6.07) is 6.71. The summed E-state index contributed by atoms with van der Waals surface area (Å²) in [6.45, 7) is 3.06. The highest BCUT2D eigenvalue weighted by molar-refractivity contribution is 7.72. The fraction of sp³-hybridized carbons (Fsp3) is 0.435. The molecule has 2 atom stereocenters. The van der Waals surface area contributed by atoms with Gasteiger partial charge in [-0.15, -0.1) is 0 Å². The van der Waals surface area contributed by atoms with E-state index in [-0.39, 0.29) is 6.04 Å². The molecule has 9 heteroatoms. The number of nitriles is 1. The maximum Gasteiger partial charge on any atom is 0.223 e. The van der Waals surface area contributed by atoms with Crippen molar-refractivity contribution >= 4 is 40.9 Å². The highest BCUT2D eigenvalue weighted by Gasteiger charge is 2.34. The van der Waals surface area contributed by atoms with E-state index < -0.39 is 7.14 Å². The number of fused-ring (bicyclic) bond motifs is 1. The maximum absolute atomic E-state index is 13.7. The fourth-order valence-corrected chi connectivity index (χ4v) is 8.38. The van der Waals surface area contributed by atoms with Gasteiger partial charge in [0.05, 0.1) is 39.4 Å². The number of aromatic nitrogens is 3. The van der Waals surface area contributed by atoms with Crippen LogP contribution in [0.25, 0.3) is 22.2 Å². The van der Waals surface area contributed by atoms with Gasteiger partial charge in [-0.2, -0.15) is 5.26 Å². The van der Waals surface area contributed by atoms with Gasteiger partial charge in [0, 0.05) is 48.1 Å². The van der Waals surface area contributed by atoms with Gasteiger partial charge < -0.3 is 20.2 Å². The van der Waals surface area contributed by atoms with Gasteiger partial charge in [0.25, 0.3) is 0 Å². The van der Waals surface area contributed by atoms with Crippen LogP contribution in [0.5, 0.6) is 0 Å². The fourth-order valence-electron chi connectivity index (χ4n) is 4.89. The monoisotopic (exact) mass is 468 g/mol. The average molecular weight is 469 g/mol. The molecule has 0 spiro atoms. The van der Waals surface area contributed by atoms with E-state index in [9.17, 15) is 9.83 Å². The molecule has 4 heterocycles. The zero-order valence-corrected chi connectivity index (χ0v) is 19.6. The van der Waals surface area contributed by atoms with E-state index in [1.165, 1.54) is 0 Å². The number of halogens is 1. The lowest BCUT2D eigenvalue weighted by Gasteiger charge is -2.28. The molecule has 7 nitrogen and oxygen atoms in total. The smallest absolute Gasteiger partial charge is 0.223 e. The summed E-state index contributed by atoms with van der Waals surface area (Å²) in [5, 5.41) is 18.6. The lowest BCUT2D eigenvalue weighted by atomic mass is 10.0. The van der Waals surface area contributed by atoms with E-state index >= 15 is 0 Å². The van der Waals surface area contributed by atoms with Gasteiger partial charge in [0.1, 0.15) is 7.14 Å². The molecule has 3 aromatic rings. The van der Waals surface area contributed by atoms with E-state index in [0.717, 1.165) is 48.7 Å². The molecule has 1 aromatic carbocycles. The predicted molar refractivity (Wildman–Crippen MR) is 129 cm³/mol. The first kappa shape index (κ1) is 21.5. The third kappa shape index (κ3) is 3.81. The molecule has 2 saturated heterocycles. The van der Waals surface area contributed by atoms with Crippen molar-refractivity contribution in [3.8, 4) is 17.3 Å². The zero-order valence-electron chi connectivity index (χ0n) is 18.0. The Morgan fingerprint density at radius 3 is 2.81 bits per heavy atom. The van der Waals surface area contributed by atoms with Crippen LogP contribution in [0.1, 0.15) is 38.2 Å². The minimum Gasteiger partial charge on any atom is -0.360 e. The van der Waals surface area contributed by atoms with Crippen molar-refractivity contribution in [2.24, 2.45) is 0 Å². The molecule has 0 saturated carbocycles. The third-order valence-electron chi connectivity index (χ3n) is 6.64. The second-order valence-corrected chi connectivity index (χ2v) is 12.4. The van der Waals surface area contributed by atoms with Crippen LogP contribution in [0.2, 0.25) is 5.02 Å². The Kier molecular flexibility index (Phi) is 5.71. The normalized spacial score (nSPS) is 22.7. The number of benzene rings is 1. The standard InChI is InChI=1S/C23H26ClN6OP/c1-14-4-6-16(11-26-14)29-23-28-13-19(24)20(30-23)18-12-27-21-17(18)7-5-15(10-25)22(21)32(31)8-2-3-9-32/h5,7,12-14,16,26-27H,2-4,6,8-9,11H2,1H3,(H,28,29,30)/t14-,16-/m0/s1. The van der Waals surface area contributed by atoms with Crippen molar-refractivity contribution in [1.82, 2.24) is 20.3 Å². The number of anilines is 1. The number of piperidine rings is 1. The van der Waals surface area contributed by atoms with Crippen molar-refractivity contribution < 1.29 is 4.57 Å². The first-order valence-corrected chi connectivity index (χ1v) is 13.6. The van der Waals surface area contributed by atoms with E-state index in [4.69, 9.17) is 16.6 Å². The first-order chi connectivity index (χ1) is 15.5. The second-order valence-electron chi connectivity index (χ2n) is 8.86. The Hall–Kier alpha value is -2.39. The van der Waals surface area contributed by atoms with Crippen LogP contribution in [0.4, 0.5) is 5.95 Å². The first-order valence-electron chi connectivity index (χ1n) is 11.1. The molecule has 32 heavy (non-hydrogen) atoms. The van der Waals surface area contributed by atoms with Crippen molar-refractivity contribution in [3.63, 3.8) is 0 Å². The molecule has 2 aromatic heterocycles. The highest BCUT2D eigenvalue weighted by Crippen LogP contribution is 2.53. The van der Waals surface area contributed by atoms with E-state index in [2.05, 4.69) is 33.6 Å².